The van der Waals surface area contributed by atoms with Crippen molar-refractivity contribution in [3.05, 3.63) is 23.9 Å². The Labute approximate surface area is 101 Å². The summed E-state index contributed by atoms with van der Waals surface area (Å²) in [5.41, 5.74) is 5.79. The molecule has 2 heterocycles. The van der Waals surface area contributed by atoms with Gasteiger partial charge in [0.15, 0.2) is 23.1 Å². The summed E-state index contributed by atoms with van der Waals surface area (Å²) < 4.78 is 38.0. The third kappa shape index (κ3) is 1.47. The van der Waals surface area contributed by atoms with E-state index in [2.05, 4.69) is 10.2 Å². The standard InChI is InChI=1S/C11H9F2N3O2/c12-6-3-7-10(18-2-1-17-7)8(9(6)13)5-4-15-16-11(5)14/h3-4H,1-2H2,(H3,14,15,16). The van der Waals surface area contributed by atoms with Crippen LogP contribution in [0.15, 0.2) is 12.3 Å². The lowest BCUT2D eigenvalue weighted by atomic mass is 10.1. The first kappa shape index (κ1) is 10.8. The molecule has 0 atom stereocenters. The predicted molar refractivity (Wildman–Crippen MR) is 59.3 cm³/mol. The van der Waals surface area contributed by atoms with Crippen molar-refractivity contribution in [2.24, 2.45) is 0 Å². The van der Waals surface area contributed by atoms with Crippen molar-refractivity contribution in [1.29, 1.82) is 0 Å². The number of benzene rings is 1. The molecular formula is C11H9F2N3O2. The Morgan fingerprint density at radius 1 is 1.28 bits per heavy atom. The number of aromatic nitrogens is 2. The second-order valence-electron chi connectivity index (χ2n) is 3.77. The molecule has 2 aromatic rings. The first-order chi connectivity index (χ1) is 8.68. The average Bonchev–Trinajstić information content (AvgIpc) is 2.77. The van der Waals surface area contributed by atoms with Crippen LogP contribution < -0.4 is 15.2 Å². The second kappa shape index (κ2) is 3.86. The lowest BCUT2D eigenvalue weighted by Gasteiger charge is -2.21. The maximum Gasteiger partial charge on any atom is 0.172 e. The Bertz CT molecular complexity index is 613. The summed E-state index contributed by atoms with van der Waals surface area (Å²) in [5.74, 6) is -1.61. The molecule has 94 valence electrons. The highest BCUT2D eigenvalue weighted by Gasteiger charge is 2.26. The van der Waals surface area contributed by atoms with Gasteiger partial charge in [0.25, 0.3) is 0 Å². The summed E-state index contributed by atoms with van der Waals surface area (Å²) in [6.45, 7) is 0.557. The molecule has 0 amide bonds. The molecule has 0 spiro atoms. The molecule has 3 rings (SSSR count). The number of anilines is 1. The number of H-pyrrole nitrogens is 1. The minimum atomic E-state index is -1.03. The summed E-state index contributed by atoms with van der Waals surface area (Å²) in [6.07, 6.45) is 1.31. The number of rotatable bonds is 1. The molecule has 0 unspecified atom stereocenters. The quantitative estimate of drug-likeness (QED) is 0.811. The number of nitrogens with zero attached hydrogens (tertiary/aromatic N) is 1. The fraction of sp³-hybridized carbons (Fsp3) is 0.182. The van der Waals surface area contributed by atoms with Crippen molar-refractivity contribution >= 4 is 5.82 Å². The van der Waals surface area contributed by atoms with E-state index < -0.39 is 11.6 Å². The average molecular weight is 253 g/mol. The lowest BCUT2D eigenvalue weighted by Crippen LogP contribution is -2.17. The van der Waals surface area contributed by atoms with Crippen LogP contribution in [0.3, 0.4) is 0 Å². The van der Waals surface area contributed by atoms with Gasteiger partial charge in [-0.2, -0.15) is 5.10 Å². The van der Waals surface area contributed by atoms with E-state index in [-0.39, 0.29) is 35.1 Å². The molecule has 1 aliphatic rings. The molecule has 18 heavy (non-hydrogen) atoms. The van der Waals surface area contributed by atoms with Crippen LogP contribution in [0.2, 0.25) is 0 Å². The maximum absolute atomic E-state index is 13.9. The number of hydrogen-bond acceptors (Lipinski definition) is 4. The van der Waals surface area contributed by atoms with Gasteiger partial charge in [0, 0.05) is 6.07 Å². The number of nitrogen functional groups attached to an aromatic ring is 1. The zero-order valence-corrected chi connectivity index (χ0v) is 9.17. The number of aromatic amines is 1. The van der Waals surface area contributed by atoms with Crippen LogP contribution in [0.4, 0.5) is 14.6 Å². The molecule has 0 saturated heterocycles. The number of nitrogens with one attached hydrogen (secondary N) is 1. The first-order valence-corrected chi connectivity index (χ1v) is 5.25. The minimum Gasteiger partial charge on any atom is -0.486 e. The van der Waals surface area contributed by atoms with E-state index in [0.717, 1.165) is 6.07 Å². The van der Waals surface area contributed by atoms with Crippen LogP contribution in [0.25, 0.3) is 11.1 Å². The lowest BCUT2D eigenvalue weighted by molar-refractivity contribution is 0.170. The van der Waals surface area contributed by atoms with E-state index in [4.69, 9.17) is 15.2 Å². The summed E-state index contributed by atoms with van der Waals surface area (Å²) in [5, 5.41) is 6.15. The molecule has 1 aliphatic heterocycles. The van der Waals surface area contributed by atoms with Crippen molar-refractivity contribution in [2.75, 3.05) is 18.9 Å². The van der Waals surface area contributed by atoms with Gasteiger partial charge in [-0.25, -0.2) is 8.78 Å². The van der Waals surface area contributed by atoms with E-state index in [9.17, 15) is 8.78 Å². The Kier molecular flexibility index (Phi) is 2.32. The number of ether oxygens (including phenoxy) is 2. The molecule has 5 nitrogen and oxygen atoms in total. The van der Waals surface area contributed by atoms with Gasteiger partial charge in [0.05, 0.1) is 17.3 Å². The van der Waals surface area contributed by atoms with E-state index in [0.29, 0.717) is 6.61 Å². The van der Waals surface area contributed by atoms with Crippen molar-refractivity contribution < 1.29 is 18.3 Å². The first-order valence-electron chi connectivity index (χ1n) is 5.25. The summed E-state index contributed by atoms with van der Waals surface area (Å²) in [7, 11) is 0. The van der Waals surface area contributed by atoms with Gasteiger partial charge < -0.3 is 15.2 Å². The van der Waals surface area contributed by atoms with Crippen LogP contribution in [-0.4, -0.2) is 23.4 Å². The van der Waals surface area contributed by atoms with E-state index >= 15 is 0 Å². The molecule has 0 saturated carbocycles. The van der Waals surface area contributed by atoms with Gasteiger partial charge in [-0.1, -0.05) is 0 Å². The van der Waals surface area contributed by atoms with Gasteiger partial charge in [-0.3, -0.25) is 5.10 Å². The molecule has 0 aliphatic carbocycles. The minimum absolute atomic E-state index is 0.0732. The normalized spacial score (nSPS) is 13.7. The maximum atomic E-state index is 13.9. The van der Waals surface area contributed by atoms with Crippen molar-refractivity contribution in [3.63, 3.8) is 0 Å². The second-order valence-corrected chi connectivity index (χ2v) is 3.77. The molecular weight excluding hydrogens is 244 g/mol. The summed E-state index contributed by atoms with van der Waals surface area (Å²) in [6, 6.07) is 0.962. The summed E-state index contributed by atoms with van der Waals surface area (Å²) in [4.78, 5) is 0. The van der Waals surface area contributed by atoms with Gasteiger partial charge in [-0.15, -0.1) is 0 Å². The van der Waals surface area contributed by atoms with E-state index in [1.165, 1.54) is 6.20 Å². The zero-order chi connectivity index (χ0) is 12.7. The highest BCUT2D eigenvalue weighted by Crippen LogP contribution is 2.44. The highest BCUT2D eigenvalue weighted by atomic mass is 19.2. The van der Waals surface area contributed by atoms with E-state index in [1.54, 1.807) is 0 Å². The topological polar surface area (TPSA) is 73.2 Å². The Morgan fingerprint density at radius 3 is 2.78 bits per heavy atom. The molecule has 0 radical (unpaired) electrons. The Balaban J connectivity index is 2.30. The van der Waals surface area contributed by atoms with Crippen LogP contribution in [-0.2, 0) is 0 Å². The van der Waals surface area contributed by atoms with E-state index in [1.807, 2.05) is 0 Å². The third-order valence-electron chi connectivity index (χ3n) is 2.66. The molecule has 7 heteroatoms. The fourth-order valence-corrected chi connectivity index (χ4v) is 1.87. The van der Waals surface area contributed by atoms with Gasteiger partial charge in [0.2, 0.25) is 0 Å². The van der Waals surface area contributed by atoms with Crippen molar-refractivity contribution in [1.82, 2.24) is 10.2 Å². The number of fused-ring (bicyclic) bond motifs is 1. The third-order valence-corrected chi connectivity index (χ3v) is 2.66. The van der Waals surface area contributed by atoms with Crippen molar-refractivity contribution in [3.8, 4) is 22.6 Å². The van der Waals surface area contributed by atoms with Gasteiger partial charge >= 0.3 is 0 Å². The Hall–Kier alpha value is -2.31. The smallest absolute Gasteiger partial charge is 0.172 e. The van der Waals surface area contributed by atoms with Crippen LogP contribution in [0.1, 0.15) is 0 Å². The van der Waals surface area contributed by atoms with Crippen LogP contribution >= 0.6 is 0 Å². The molecule has 0 bridgehead atoms. The molecule has 1 aromatic carbocycles. The molecule has 0 fully saturated rings. The SMILES string of the molecule is Nc1[nH]ncc1-c1c(F)c(F)cc2c1OCCO2. The van der Waals surface area contributed by atoms with Crippen LogP contribution in [0, 0.1) is 11.6 Å². The monoisotopic (exact) mass is 253 g/mol. The fourth-order valence-electron chi connectivity index (χ4n) is 1.87. The van der Waals surface area contributed by atoms with Crippen LogP contribution in [0.5, 0.6) is 11.5 Å². The van der Waals surface area contributed by atoms with Gasteiger partial charge in [-0.05, 0) is 0 Å². The number of nitrogens with two attached hydrogens (primary N) is 1. The van der Waals surface area contributed by atoms with Crippen molar-refractivity contribution in [2.45, 2.75) is 0 Å². The predicted octanol–water partition coefficient (Wildman–Crippen LogP) is 1.71. The number of halogens is 2. The highest BCUT2D eigenvalue weighted by molar-refractivity contribution is 5.81. The largest absolute Gasteiger partial charge is 0.486 e. The number of hydrogen-bond donors (Lipinski definition) is 2. The van der Waals surface area contributed by atoms with Gasteiger partial charge in [0.1, 0.15) is 19.0 Å². The molecule has 3 N–H and O–H groups in total. The Morgan fingerprint density at radius 2 is 2.06 bits per heavy atom. The zero-order valence-electron chi connectivity index (χ0n) is 9.17. The molecule has 1 aromatic heterocycles. The summed E-state index contributed by atoms with van der Waals surface area (Å²) >= 11 is 0.